The Labute approximate surface area is 160 Å². The fourth-order valence-corrected chi connectivity index (χ4v) is 4.02. The molecule has 0 saturated heterocycles. The molecule has 0 aliphatic rings. The number of amides is 1. The molecule has 7 heteroatoms. The molecule has 0 atom stereocenters. The van der Waals surface area contributed by atoms with Gasteiger partial charge >= 0.3 is 0 Å². The zero-order chi connectivity index (χ0) is 18.8. The van der Waals surface area contributed by atoms with Crippen molar-refractivity contribution < 1.29 is 4.79 Å². The lowest BCUT2D eigenvalue weighted by atomic mass is 10.2. The van der Waals surface area contributed by atoms with Gasteiger partial charge in [0.15, 0.2) is 0 Å². The van der Waals surface area contributed by atoms with Crippen molar-refractivity contribution in [2.45, 2.75) is 26.9 Å². The zero-order valence-corrected chi connectivity index (χ0v) is 16.0. The molecule has 4 aromatic rings. The van der Waals surface area contributed by atoms with E-state index in [0.29, 0.717) is 11.4 Å². The summed E-state index contributed by atoms with van der Waals surface area (Å²) in [6.45, 7) is 5.18. The second kappa shape index (κ2) is 7.28. The molecule has 0 spiro atoms. The smallest absolute Gasteiger partial charge is 0.263 e. The number of aryl methyl sites for hydroxylation is 2. The molecular formula is C20H19N5OS. The zero-order valence-electron chi connectivity index (χ0n) is 15.1. The highest BCUT2D eigenvalue weighted by Crippen LogP contribution is 2.34. The predicted octanol–water partition coefficient (Wildman–Crippen LogP) is 3.81. The van der Waals surface area contributed by atoms with Crippen molar-refractivity contribution in [1.29, 1.82) is 0 Å². The van der Waals surface area contributed by atoms with Gasteiger partial charge in [-0.05, 0) is 38.1 Å². The van der Waals surface area contributed by atoms with Gasteiger partial charge < -0.3 is 9.88 Å². The van der Waals surface area contributed by atoms with Gasteiger partial charge in [-0.15, -0.1) is 11.3 Å². The minimum atomic E-state index is -0.126. The fourth-order valence-electron chi connectivity index (χ4n) is 3.01. The highest BCUT2D eigenvalue weighted by Gasteiger charge is 2.19. The Morgan fingerprint density at radius 1 is 1.19 bits per heavy atom. The van der Waals surface area contributed by atoms with Crippen LogP contribution in [0.25, 0.3) is 21.6 Å². The lowest BCUT2D eigenvalue weighted by molar-refractivity contribution is 0.0953. The van der Waals surface area contributed by atoms with Crippen LogP contribution in [0, 0.1) is 6.92 Å². The predicted molar refractivity (Wildman–Crippen MR) is 107 cm³/mol. The molecule has 0 saturated carbocycles. The minimum absolute atomic E-state index is 0.126. The van der Waals surface area contributed by atoms with Crippen LogP contribution < -0.4 is 5.32 Å². The van der Waals surface area contributed by atoms with Gasteiger partial charge in [-0.1, -0.05) is 6.07 Å². The van der Waals surface area contributed by atoms with Crippen molar-refractivity contribution in [3.8, 4) is 10.6 Å². The number of nitrogens with zero attached hydrogens (tertiary/aromatic N) is 4. The van der Waals surface area contributed by atoms with Crippen molar-refractivity contribution in [3.63, 3.8) is 0 Å². The van der Waals surface area contributed by atoms with Crippen molar-refractivity contribution in [2.75, 3.05) is 0 Å². The largest absolute Gasteiger partial charge is 0.346 e. The Hall–Kier alpha value is -3.06. The van der Waals surface area contributed by atoms with E-state index in [4.69, 9.17) is 0 Å². The lowest BCUT2D eigenvalue weighted by Gasteiger charge is -2.03. The first kappa shape index (κ1) is 17.4. The number of carbonyl (C=O) groups excluding carboxylic acids is 1. The summed E-state index contributed by atoms with van der Waals surface area (Å²) in [4.78, 5) is 26.6. The average Bonchev–Trinajstić information content (AvgIpc) is 3.27. The van der Waals surface area contributed by atoms with Crippen molar-refractivity contribution in [1.82, 2.24) is 24.8 Å². The van der Waals surface area contributed by atoms with E-state index < -0.39 is 0 Å². The van der Waals surface area contributed by atoms with E-state index >= 15 is 0 Å². The molecule has 1 amide bonds. The van der Waals surface area contributed by atoms with Crippen LogP contribution in [0.1, 0.15) is 28.0 Å². The Morgan fingerprint density at radius 2 is 2.04 bits per heavy atom. The highest BCUT2D eigenvalue weighted by atomic mass is 32.1. The Bertz CT molecular complexity index is 1100. The second-order valence-electron chi connectivity index (χ2n) is 6.14. The molecule has 0 aliphatic heterocycles. The Balaban J connectivity index is 1.63. The molecule has 4 aromatic heterocycles. The van der Waals surface area contributed by atoms with E-state index in [9.17, 15) is 4.79 Å². The number of hydrogen-bond donors (Lipinski definition) is 1. The van der Waals surface area contributed by atoms with Gasteiger partial charge in [0.05, 0.1) is 17.9 Å². The lowest BCUT2D eigenvalue weighted by Crippen LogP contribution is -2.23. The molecule has 0 bridgehead atoms. The monoisotopic (exact) mass is 377 g/mol. The van der Waals surface area contributed by atoms with Crippen LogP contribution in [0.2, 0.25) is 0 Å². The number of carbonyl (C=O) groups is 1. The van der Waals surface area contributed by atoms with Crippen LogP contribution >= 0.6 is 11.3 Å². The third kappa shape index (κ3) is 3.33. The fraction of sp³-hybridized carbons (Fsp3) is 0.200. The van der Waals surface area contributed by atoms with Crippen molar-refractivity contribution in [3.05, 3.63) is 65.2 Å². The third-order valence-electron chi connectivity index (χ3n) is 4.36. The van der Waals surface area contributed by atoms with E-state index in [1.54, 1.807) is 12.4 Å². The van der Waals surface area contributed by atoms with E-state index in [2.05, 4.69) is 38.0 Å². The van der Waals surface area contributed by atoms with Gasteiger partial charge in [-0.25, -0.2) is 9.97 Å². The van der Waals surface area contributed by atoms with E-state index in [1.165, 1.54) is 11.3 Å². The first-order chi connectivity index (χ1) is 13.2. The van der Waals surface area contributed by atoms with Crippen LogP contribution in [0.4, 0.5) is 0 Å². The molecule has 27 heavy (non-hydrogen) atoms. The maximum Gasteiger partial charge on any atom is 0.263 e. The minimum Gasteiger partial charge on any atom is -0.346 e. The Morgan fingerprint density at radius 3 is 2.81 bits per heavy atom. The van der Waals surface area contributed by atoms with Gasteiger partial charge in [0, 0.05) is 36.1 Å². The number of pyridine rings is 2. The van der Waals surface area contributed by atoms with Gasteiger partial charge in [-0.2, -0.15) is 0 Å². The standard InChI is InChI=1S/C20H19N5OS/c1-3-25-12-16(15-8-6-10-22-18(15)25)20-24-13(2)17(27-20)19(26)23-11-14-7-4-5-9-21-14/h4-10,12H,3,11H2,1-2H3,(H,23,26). The van der Waals surface area contributed by atoms with Crippen LogP contribution in [0.15, 0.2) is 48.9 Å². The summed E-state index contributed by atoms with van der Waals surface area (Å²) in [6.07, 6.45) is 5.57. The summed E-state index contributed by atoms with van der Waals surface area (Å²) >= 11 is 1.41. The number of rotatable bonds is 5. The van der Waals surface area contributed by atoms with Crippen molar-refractivity contribution in [2.24, 2.45) is 0 Å². The molecule has 0 unspecified atom stereocenters. The third-order valence-corrected chi connectivity index (χ3v) is 5.55. The number of fused-ring (bicyclic) bond motifs is 1. The number of thiazole rings is 1. The van der Waals surface area contributed by atoms with E-state index in [-0.39, 0.29) is 5.91 Å². The molecule has 0 fully saturated rings. The van der Waals surface area contributed by atoms with Gasteiger partial charge in [0.2, 0.25) is 0 Å². The highest BCUT2D eigenvalue weighted by molar-refractivity contribution is 7.17. The van der Waals surface area contributed by atoms with Gasteiger partial charge in [-0.3, -0.25) is 9.78 Å². The Kier molecular flexibility index (Phi) is 4.68. The number of hydrogen-bond acceptors (Lipinski definition) is 5. The molecule has 4 heterocycles. The molecule has 0 aliphatic carbocycles. The maximum atomic E-state index is 12.6. The SMILES string of the molecule is CCn1cc(-c2nc(C)c(C(=O)NCc3ccccn3)s2)c2cccnc21. The summed E-state index contributed by atoms with van der Waals surface area (Å²) in [5, 5.41) is 4.81. The molecular weight excluding hydrogens is 358 g/mol. The number of aromatic nitrogens is 4. The van der Waals surface area contributed by atoms with E-state index in [0.717, 1.165) is 39.5 Å². The quantitative estimate of drug-likeness (QED) is 0.574. The van der Waals surface area contributed by atoms with Crippen molar-refractivity contribution >= 4 is 28.3 Å². The normalized spacial score (nSPS) is 11.0. The summed E-state index contributed by atoms with van der Waals surface area (Å²) in [5.74, 6) is -0.126. The van der Waals surface area contributed by atoms with Gasteiger partial charge in [0.1, 0.15) is 15.5 Å². The summed E-state index contributed by atoms with van der Waals surface area (Å²) in [7, 11) is 0. The van der Waals surface area contributed by atoms with Gasteiger partial charge in [0.25, 0.3) is 5.91 Å². The molecule has 1 N–H and O–H groups in total. The average molecular weight is 377 g/mol. The van der Waals surface area contributed by atoms with Crippen LogP contribution in [0.5, 0.6) is 0 Å². The first-order valence-electron chi connectivity index (χ1n) is 8.77. The van der Waals surface area contributed by atoms with Crippen LogP contribution in [-0.2, 0) is 13.1 Å². The summed E-state index contributed by atoms with van der Waals surface area (Å²) in [5.41, 5.74) is 3.50. The summed E-state index contributed by atoms with van der Waals surface area (Å²) < 4.78 is 2.10. The molecule has 4 rings (SSSR count). The topological polar surface area (TPSA) is 72.7 Å². The molecule has 0 aromatic carbocycles. The molecule has 0 radical (unpaired) electrons. The van der Waals surface area contributed by atoms with E-state index in [1.807, 2.05) is 37.3 Å². The summed E-state index contributed by atoms with van der Waals surface area (Å²) in [6, 6.07) is 9.61. The van der Waals surface area contributed by atoms with Crippen LogP contribution in [-0.4, -0.2) is 25.4 Å². The molecule has 6 nitrogen and oxygen atoms in total. The first-order valence-corrected chi connectivity index (χ1v) is 9.58. The second-order valence-corrected chi connectivity index (χ2v) is 7.14. The molecule has 136 valence electrons. The maximum absolute atomic E-state index is 12.6. The number of nitrogens with one attached hydrogen (secondary N) is 1. The van der Waals surface area contributed by atoms with Crippen LogP contribution in [0.3, 0.4) is 0 Å².